The van der Waals surface area contributed by atoms with Crippen LogP contribution in [0.3, 0.4) is 0 Å². The van der Waals surface area contributed by atoms with E-state index in [1.165, 1.54) is 65.1 Å². The van der Waals surface area contributed by atoms with E-state index in [-0.39, 0.29) is 0 Å². The molecule has 0 saturated carbocycles. The summed E-state index contributed by atoms with van der Waals surface area (Å²) in [6.45, 7) is 8.75. The van der Waals surface area contributed by atoms with Crippen molar-refractivity contribution in [3.05, 3.63) is 0 Å². The average Bonchev–Trinajstić information content (AvgIpc) is 2.58. The quantitative estimate of drug-likeness (QED) is 0.680. The summed E-state index contributed by atoms with van der Waals surface area (Å²) in [6.07, 6.45) is 4.11. The molecule has 0 bridgehead atoms. The fraction of sp³-hybridized carbons (Fsp3) is 1.00. The highest BCUT2D eigenvalue weighted by Gasteiger charge is 2.16. The minimum absolute atomic E-state index is 0.950. The molecule has 1 unspecified atom stereocenters. The molecule has 2 N–H and O–H groups in total. The maximum absolute atomic E-state index is 3.45. The second kappa shape index (κ2) is 5.69. The first-order valence-corrected chi connectivity index (χ1v) is 6.09. The van der Waals surface area contributed by atoms with Crippen LogP contribution >= 0.6 is 0 Å². The molecular formula is C11H23N3. The van der Waals surface area contributed by atoms with Gasteiger partial charge < -0.3 is 15.5 Å². The maximum Gasteiger partial charge on any atom is 0.0107 e. The fourth-order valence-electron chi connectivity index (χ4n) is 2.45. The monoisotopic (exact) mass is 197 g/mol. The summed E-state index contributed by atoms with van der Waals surface area (Å²) in [4.78, 5) is 2.62. The lowest BCUT2D eigenvalue weighted by atomic mass is 10.0. The van der Waals surface area contributed by atoms with E-state index in [0.717, 1.165) is 5.92 Å². The lowest BCUT2D eigenvalue weighted by molar-refractivity contribution is 0.270. The molecule has 0 aromatic carbocycles. The van der Waals surface area contributed by atoms with Crippen molar-refractivity contribution < 1.29 is 0 Å². The Bertz CT molecular complexity index is 147. The molecule has 2 heterocycles. The molecule has 2 aliphatic heterocycles. The van der Waals surface area contributed by atoms with Gasteiger partial charge >= 0.3 is 0 Å². The molecular weight excluding hydrogens is 174 g/mol. The van der Waals surface area contributed by atoms with Gasteiger partial charge in [-0.1, -0.05) is 0 Å². The topological polar surface area (TPSA) is 27.3 Å². The largest absolute Gasteiger partial charge is 0.316 e. The van der Waals surface area contributed by atoms with Crippen molar-refractivity contribution in [2.45, 2.75) is 19.3 Å². The summed E-state index contributed by atoms with van der Waals surface area (Å²) in [6, 6.07) is 0. The Morgan fingerprint density at radius 1 is 1.07 bits per heavy atom. The van der Waals surface area contributed by atoms with Gasteiger partial charge in [-0.25, -0.2) is 0 Å². The van der Waals surface area contributed by atoms with Gasteiger partial charge in [0.25, 0.3) is 0 Å². The Labute approximate surface area is 87.2 Å². The molecule has 3 nitrogen and oxygen atoms in total. The first-order chi connectivity index (χ1) is 6.95. The third-order valence-electron chi connectivity index (χ3n) is 3.45. The summed E-state index contributed by atoms with van der Waals surface area (Å²) in [5, 5.41) is 6.89. The van der Waals surface area contributed by atoms with Crippen molar-refractivity contribution in [3.63, 3.8) is 0 Å². The van der Waals surface area contributed by atoms with Crippen LogP contribution in [0.2, 0.25) is 0 Å². The molecule has 2 saturated heterocycles. The smallest absolute Gasteiger partial charge is 0.0107 e. The van der Waals surface area contributed by atoms with Gasteiger partial charge in [-0.15, -0.1) is 0 Å². The fourth-order valence-corrected chi connectivity index (χ4v) is 2.45. The molecule has 0 aromatic rings. The molecule has 2 aliphatic rings. The predicted molar refractivity (Wildman–Crippen MR) is 59.5 cm³/mol. The normalized spacial score (nSPS) is 30.4. The van der Waals surface area contributed by atoms with Crippen molar-refractivity contribution in [3.8, 4) is 0 Å². The minimum Gasteiger partial charge on any atom is -0.316 e. The van der Waals surface area contributed by atoms with Crippen LogP contribution in [-0.4, -0.2) is 50.7 Å². The van der Waals surface area contributed by atoms with Gasteiger partial charge in [0.15, 0.2) is 0 Å². The van der Waals surface area contributed by atoms with Crippen LogP contribution in [0, 0.1) is 5.92 Å². The van der Waals surface area contributed by atoms with Crippen molar-refractivity contribution in [2.75, 3.05) is 45.8 Å². The zero-order chi connectivity index (χ0) is 9.64. The Kier molecular flexibility index (Phi) is 4.22. The van der Waals surface area contributed by atoms with E-state index < -0.39 is 0 Å². The van der Waals surface area contributed by atoms with E-state index in [0.29, 0.717) is 0 Å². The van der Waals surface area contributed by atoms with Crippen molar-refractivity contribution in [1.82, 2.24) is 15.5 Å². The number of hydrogen-bond acceptors (Lipinski definition) is 3. The van der Waals surface area contributed by atoms with E-state index in [2.05, 4.69) is 15.5 Å². The first-order valence-electron chi connectivity index (χ1n) is 6.09. The van der Waals surface area contributed by atoms with Gasteiger partial charge in [0, 0.05) is 13.1 Å². The Balaban J connectivity index is 1.62. The second-order valence-corrected chi connectivity index (χ2v) is 4.59. The molecule has 0 aromatic heterocycles. The van der Waals surface area contributed by atoms with E-state index in [1.807, 2.05) is 0 Å². The van der Waals surface area contributed by atoms with Crippen molar-refractivity contribution in [2.24, 2.45) is 5.92 Å². The standard InChI is InChI=1S/C11H23N3/c1-4-12-6-9-14(7-1)8-3-11-2-5-13-10-11/h11-13H,1-10H2. The van der Waals surface area contributed by atoms with E-state index >= 15 is 0 Å². The number of nitrogens with zero attached hydrogens (tertiary/aromatic N) is 1. The number of hydrogen-bond donors (Lipinski definition) is 2. The van der Waals surface area contributed by atoms with Gasteiger partial charge in [-0.2, -0.15) is 0 Å². The summed E-state index contributed by atoms with van der Waals surface area (Å²) in [5.74, 6) is 0.950. The third-order valence-corrected chi connectivity index (χ3v) is 3.45. The zero-order valence-corrected chi connectivity index (χ0v) is 9.10. The highest BCUT2D eigenvalue weighted by Crippen LogP contribution is 2.12. The number of rotatable bonds is 3. The Morgan fingerprint density at radius 3 is 2.93 bits per heavy atom. The summed E-state index contributed by atoms with van der Waals surface area (Å²) in [7, 11) is 0. The van der Waals surface area contributed by atoms with Gasteiger partial charge in [-0.05, 0) is 57.9 Å². The number of nitrogens with one attached hydrogen (secondary N) is 2. The highest BCUT2D eigenvalue weighted by atomic mass is 15.1. The lowest BCUT2D eigenvalue weighted by Gasteiger charge is -2.20. The molecule has 0 amide bonds. The first kappa shape index (κ1) is 10.4. The van der Waals surface area contributed by atoms with Crippen molar-refractivity contribution in [1.29, 1.82) is 0 Å². The molecule has 0 aliphatic carbocycles. The van der Waals surface area contributed by atoms with Crippen LogP contribution in [0.15, 0.2) is 0 Å². The Hall–Kier alpha value is -0.120. The second-order valence-electron chi connectivity index (χ2n) is 4.59. The van der Waals surface area contributed by atoms with E-state index in [1.54, 1.807) is 0 Å². The van der Waals surface area contributed by atoms with Crippen LogP contribution in [0.25, 0.3) is 0 Å². The molecule has 2 fully saturated rings. The highest BCUT2D eigenvalue weighted by molar-refractivity contribution is 4.73. The summed E-state index contributed by atoms with van der Waals surface area (Å²) < 4.78 is 0. The van der Waals surface area contributed by atoms with E-state index in [4.69, 9.17) is 0 Å². The molecule has 82 valence electrons. The summed E-state index contributed by atoms with van der Waals surface area (Å²) >= 11 is 0. The van der Waals surface area contributed by atoms with E-state index in [9.17, 15) is 0 Å². The average molecular weight is 197 g/mol. The van der Waals surface area contributed by atoms with Crippen molar-refractivity contribution >= 4 is 0 Å². The van der Waals surface area contributed by atoms with Crippen LogP contribution in [0.1, 0.15) is 19.3 Å². The molecule has 0 radical (unpaired) electrons. The maximum atomic E-state index is 3.45. The minimum atomic E-state index is 0.950. The zero-order valence-electron chi connectivity index (χ0n) is 9.10. The Morgan fingerprint density at radius 2 is 2.07 bits per heavy atom. The van der Waals surface area contributed by atoms with Gasteiger partial charge in [0.05, 0.1) is 0 Å². The predicted octanol–water partition coefficient (Wildman–Crippen LogP) is 0.281. The lowest BCUT2D eigenvalue weighted by Crippen LogP contribution is -2.30. The third kappa shape index (κ3) is 3.23. The molecule has 0 spiro atoms. The van der Waals surface area contributed by atoms with Gasteiger partial charge in [-0.3, -0.25) is 0 Å². The molecule has 1 atom stereocenters. The summed E-state index contributed by atoms with van der Waals surface area (Å²) in [5.41, 5.74) is 0. The molecule has 14 heavy (non-hydrogen) atoms. The van der Waals surface area contributed by atoms with Crippen LogP contribution in [0.4, 0.5) is 0 Å². The van der Waals surface area contributed by atoms with Gasteiger partial charge in [0.2, 0.25) is 0 Å². The van der Waals surface area contributed by atoms with Crippen LogP contribution in [-0.2, 0) is 0 Å². The SMILES string of the molecule is C1CNCCN(CCC2CCNC2)C1. The van der Waals surface area contributed by atoms with Crippen LogP contribution in [0.5, 0.6) is 0 Å². The molecule has 3 heteroatoms. The van der Waals surface area contributed by atoms with Gasteiger partial charge in [0.1, 0.15) is 0 Å². The molecule has 2 rings (SSSR count). The van der Waals surface area contributed by atoms with Crippen LogP contribution < -0.4 is 10.6 Å².